The van der Waals surface area contributed by atoms with E-state index < -0.39 is 0 Å². The predicted octanol–water partition coefficient (Wildman–Crippen LogP) is 3.55. The Balaban J connectivity index is 1.97. The first-order valence-electron chi connectivity index (χ1n) is 8.07. The van der Waals surface area contributed by atoms with Crippen LogP contribution in [-0.2, 0) is 6.54 Å². The second-order valence-corrected chi connectivity index (χ2v) is 7.84. The fourth-order valence-electron chi connectivity index (χ4n) is 2.18. The number of nitrogens with zero attached hydrogens (tertiary/aromatic N) is 7. The molecule has 0 aliphatic carbocycles. The zero-order valence-electron chi connectivity index (χ0n) is 15.0. The minimum absolute atomic E-state index is 0.228. The molecule has 0 aliphatic heterocycles. The van der Waals surface area contributed by atoms with Gasteiger partial charge in [-0.1, -0.05) is 19.9 Å². The second-order valence-electron chi connectivity index (χ2n) is 5.96. The summed E-state index contributed by atoms with van der Waals surface area (Å²) >= 11 is 3.08. The Morgan fingerprint density at radius 3 is 2.60 bits per heavy atom. The summed E-state index contributed by atoms with van der Waals surface area (Å²) in [6.45, 7) is 7.02. The lowest BCUT2D eigenvalue weighted by Crippen LogP contribution is -2.16. The van der Waals surface area contributed by atoms with Crippen LogP contribution in [-0.4, -0.2) is 43.8 Å². The molecule has 0 atom stereocenters. The van der Waals surface area contributed by atoms with E-state index in [0.29, 0.717) is 11.1 Å². The number of anilines is 1. The predicted molar refractivity (Wildman–Crippen MR) is 101 cm³/mol. The molecule has 132 valence electrons. The van der Waals surface area contributed by atoms with Crippen molar-refractivity contribution in [3.05, 3.63) is 23.3 Å². The zero-order chi connectivity index (χ0) is 18.0. The highest BCUT2D eigenvalue weighted by atomic mass is 32.2. The number of thiophene rings is 1. The van der Waals surface area contributed by atoms with Gasteiger partial charge in [-0.05, 0) is 30.1 Å². The molecule has 3 heterocycles. The molecule has 0 aliphatic rings. The summed E-state index contributed by atoms with van der Waals surface area (Å²) in [5.74, 6) is 2.54. The number of rotatable bonds is 6. The van der Waals surface area contributed by atoms with Crippen LogP contribution < -0.4 is 4.90 Å². The normalized spacial score (nSPS) is 11.3. The molecule has 3 aromatic heterocycles. The second kappa shape index (κ2) is 7.49. The van der Waals surface area contributed by atoms with Gasteiger partial charge in [0.25, 0.3) is 0 Å². The van der Waals surface area contributed by atoms with E-state index in [2.05, 4.69) is 56.6 Å². The van der Waals surface area contributed by atoms with Gasteiger partial charge in [-0.25, -0.2) is 4.98 Å². The minimum Gasteiger partial charge on any atom is -0.347 e. The lowest BCUT2D eigenvalue weighted by atomic mass is 10.2. The fraction of sp³-hybridized carbons (Fsp3) is 0.438. The highest BCUT2D eigenvalue weighted by molar-refractivity contribution is 7.99. The van der Waals surface area contributed by atoms with Crippen LogP contribution in [0, 0.1) is 0 Å². The third-order valence-corrected chi connectivity index (χ3v) is 5.21. The summed E-state index contributed by atoms with van der Waals surface area (Å²) in [7, 11) is 3.86. The summed E-state index contributed by atoms with van der Waals surface area (Å²) in [5, 5.41) is 12.2. The van der Waals surface area contributed by atoms with Crippen molar-refractivity contribution in [1.82, 2.24) is 29.7 Å². The maximum absolute atomic E-state index is 4.59. The number of hydrogen-bond donors (Lipinski definition) is 0. The van der Waals surface area contributed by atoms with Crippen molar-refractivity contribution in [3.63, 3.8) is 0 Å². The van der Waals surface area contributed by atoms with E-state index in [1.54, 1.807) is 11.3 Å². The standard InChI is InChI=1S/C16H21N7S2/c1-6-23-13(11-8-7-9-24-11)20-21-16(23)25-15-18-12(10(2)3)17-14(19-15)22(4)5/h7-10H,6H2,1-5H3. The molecule has 3 aromatic rings. The van der Waals surface area contributed by atoms with Gasteiger partial charge in [0.1, 0.15) is 5.82 Å². The van der Waals surface area contributed by atoms with Crippen LogP contribution in [0.1, 0.15) is 32.5 Å². The molecule has 0 aromatic carbocycles. The Bertz CT molecular complexity index is 814. The molecule has 9 heteroatoms. The largest absolute Gasteiger partial charge is 0.347 e. The van der Waals surface area contributed by atoms with E-state index in [9.17, 15) is 0 Å². The van der Waals surface area contributed by atoms with E-state index >= 15 is 0 Å². The maximum atomic E-state index is 4.59. The number of hydrogen-bond acceptors (Lipinski definition) is 8. The van der Waals surface area contributed by atoms with Gasteiger partial charge in [0.05, 0.1) is 4.88 Å². The summed E-state index contributed by atoms with van der Waals surface area (Å²) < 4.78 is 2.09. The third-order valence-electron chi connectivity index (χ3n) is 3.49. The number of aromatic nitrogens is 6. The summed E-state index contributed by atoms with van der Waals surface area (Å²) in [4.78, 5) is 16.6. The van der Waals surface area contributed by atoms with Crippen molar-refractivity contribution in [2.45, 2.75) is 43.5 Å². The Morgan fingerprint density at radius 2 is 2.00 bits per heavy atom. The van der Waals surface area contributed by atoms with Gasteiger partial charge in [0, 0.05) is 26.6 Å². The lowest BCUT2D eigenvalue weighted by Gasteiger charge is -2.13. The maximum Gasteiger partial charge on any atom is 0.229 e. The first kappa shape index (κ1) is 17.8. The molecule has 0 radical (unpaired) electrons. The SMILES string of the molecule is CCn1c(Sc2nc(C(C)C)nc(N(C)C)n2)nnc1-c1cccs1. The fourth-order valence-corrected chi connectivity index (χ4v) is 3.74. The van der Waals surface area contributed by atoms with Crippen LogP contribution in [0.5, 0.6) is 0 Å². The monoisotopic (exact) mass is 375 g/mol. The van der Waals surface area contributed by atoms with E-state index in [4.69, 9.17) is 0 Å². The molecule has 0 bridgehead atoms. The molecule has 0 amide bonds. The molecule has 0 unspecified atom stereocenters. The molecule has 7 nitrogen and oxygen atoms in total. The van der Waals surface area contributed by atoms with Crippen LogP contribution in [0.25, 0.3) is 10.7 Å². The summed E-state index contributed by atoms with van der Waals surface area (Å²) in [6, 6.07) is 4.07. The average molecular weight is 376 g/mol. The first-order valence-corrected chi connectivity index (χ1v) is 9.77. The van der Waals surface area contributed by atoms with Gasteiger partial charge in [0.15, 0.2) is 11.0 Å². The summed E-state index contributed by atoms with van der Waals surface area (Å²) in [5.41, 5.74) is 0. The quantitative estimate of drug-likeness (QED) is 0.652. The molecule has 0 fully saturated rings. The molecule has 25 heavy (non-hydrogen) atoms. The van der Waals surface area contributed by atoms with E-state index in [0.717, 1.165) is 28.2 Å². The van der Waals surface area contributed by atoms with Gasteiger partial charge in [-0.3, -0.25) is 0 Å². The van der Waals surface area contributed by atoms with E-state index in [1.807, 2.05) is 30.4 Å². The molecule has 0 spiro atoms. The van der Waals surface area contributed by atoms with Gasteiger partial charge in [0.2, 0.25) is 11.1 Å². The van der Waals surface area contributed by atoms with Gasteiger partial charge >= 0.3 is 0 Å². The van der Waals surface area contributed by atoms with Gasteiger partial charge in [-0.2, -0.15) is 9.97 Å². The van der Waals surface area contributed by atoms with Crippen LogP contribution in [0.15, 0.2) is 27.8 Å². The Morgan fingerprint density at radius 1 is 1.20 bits per heavy atom. The van der Waals surface area contributed by atoms with Gasteiger partial charge in [-0.15, -0.1) is 21.5 Å². The Hall–Kier alpha value is -2.00. The minimum atomic E-state index is 0.228. The molecule has 3 rings (SSSR count). The molecular weight excluding hydrogens is 354 g/mol. The Kier molecular flexibility index (Phi) is 5.33. The lowest BCUT2D eigenvalue weighted by molar-refractivity contribution is 0.681. The first-order chi connectivity index (χ1) is 12.0. The van der Waals surface area contributed by atoms with Crippen molar-refractivity contribution < 1.29 is 0 Å². The van der Waals surface area contributed by atoms with Crippen LogP contribution >= 0.6 is 23.1 Å². The van der Waals surface area contributed by atoms with Crippen molar-refractivity contribution in [1.29, 1.82) is 0 Å². The third kappa shape index (κ3) is 3.82. The molecule has 0 saturated carbocycles. The highest BCUT2D eigenvalue weighted by Crippen LogP contribution is 2.30. The Labute approximate surface area is 155 Å². The zero-order valence-corrected chi connectivity index (χ0v) is 16.6. The van der Waals surface area contributed by atoms with E-state index in [1.165, 1.54) is 11.8 Å². The van der Waals surface area contributed by atoms with Gasteiger partial charge < -0.3 is 9.47 Å². The van der Waals surface area contributed by atoms with Crippen molar-refractivity contribution in [3.8, 4) is 10.7 Å². The molecule has 0 N–H and O–H groups in total. The van der Waals surface area contributed by atoms with Crippen LogP contribution in [0.3, 0.4) is 0 Å². The molecular formula is C16H21N7S2. The average Bonchev–Trinajstić information content (AvgIpc) is 3.23. The molecule has 0 saturated heterocycles. The van der Waals surface area contributed by atoms with E-state index in [-0.39, 0.29) is 5.92 Å². The smallest absolute Gasteiger partial charge is 0.229 e. The summed E-state index contributed by atoms with van der Waals surface area (Å²) in [6.07, 6.45) is 0. The highest BCUT2D eigenvalue weighted by Gasteiger charge is 2.18. The van der Waals surface area contributed by atoms with Crippen molar-refractivity contribution >= 4 is 29.0 Å². The van der Waals surface area contributed by atoms with Crippen molar-refractivity contribution in [2.24, 2.45) is 0 Å². The van der Waals surface area contributed by atoms with Crippen LogP contribution in [0.2, 0.25) is 0 Å². The van der Waals surface area contributed by atoms with Crippen molar-refractivity contribution in [2.75, 3.05) is 19.0 Å². The van der Waals surface area contributed by atoms with Crippen LogP contribution in [0.4, 0.5) is 5.95 Å². The topological polar surface area (TPSA) is 72.6 Å².